The molecule has 29 heavy (non-hydrogen) atoms. The molecule has 0 bridgehead atoms. The zero-order valence-corrected chi connectivity index (χ0v) is 16.4. The molecule has 0 saturated carbocycles. The van der Waals surface area contributed by atoms with Crippen LogP contribution in [0.1, 0.15) is 11.3 Å². The Bertz CT molecular complexity index is 1090. The lowest BCUT2D eigenvalue weighted by Crippen LogP contribution is -2.28. The fourth-order valence-electron chi connectivity index (χ4n) is 3.01. The molecule has 8 heteroatoms. The van der Waals surface area contributed by atoms with Gasteiger partial charge in [-0.05, 0) is 36.4 Å². The first-order valence-corrected chi connectivity index (χ1v) is 10.6. The van der Waals surface area contributed by atoms with Crippen LogP contribution in [0.5, 0.6) is 0 Å². The molecule has 4 rings (SSSR count). The van der Waals surface area contributed by atoms with Crippen molar-refractivity contribution in [2.24, 2.45) is 0 Å². The number of nitrogens with zero attached hydrogens (tertiary/aromatic N) is 3. The number of hydrogen-bond donors (Lipinski definition) is 1. The van der Waals surface area contributed by atoms with Crippen LogP contribution in [-0.4, -0.2) is 30.2 Å². The Kier molecular flexibility index (Phi) is 5.71. The molecule has 148 valence electrons. The lowest BCUT2D eigenvalue weighted by Gasteiger charge is -2.11. The fraction of sp³-hybridized carbons (Fsp3) is 0.143. The van der Waals surface area contributed by atoms with Crippen molar-refractivity contribution < 1.29 is 13.4 Å². The molecule has 0 aliphatic carbocycles. The van der Waals surface area contributed by atoms with Gasteiger partial charge in [-0.2, -0.15) is 5.10 Å². The van der Waals surface area contributed by atoms with Crippen molar-refractivity contribution in [1.82, 2.24) is 19.7 Å². The number of carbonyl (C=O) groups excluding carboxylic acids is 1. The van der Waals surface area contributed by atoms with Gasteiger partial charge in [-0.1, -0.05) is 18.2 Å². The number of aromatic nitrogens is 3. The minimum absolute atomic E-state index is 0.0810. The van der Waals surface area contributed by atoms with Gasteiger partial charge in [0.05, 0.1) is 30.4 Å². The predicted molar refractivity (Wildman–Crippen MR) is 110 cm³/mol. The van der Waals surface area contributed by atoms with E-state index in [1.807, 2.05) is 64.1 Å². The molecule has 0 saturated heterocycles. The van der Waals surface area contributed by atoms with E-state index in [-0.39, 0.29) is 24.0 Å². The van der Waals surface area contributed by atoms with Gasteiger partial charge < -0.3 is 14.3 Å². The van der Waals surface area contributed by atoms with E-state index in [2.05, 4.69) is 10.4 Å². The number of amides is 1. The highest BCUT2D eigenvalue weighted by molar-refractivity contribution is 7.84. The fourth-order valence-corrected chi connectivity index (χ4v) is 4.05. The quantitative estimate of drug-likeness (QED) is 0.486. The third-order valence-electron chi connectivity index (χ3n) is 4.32. The molecule has 1 aromatic carbocycles. The summed E-state index contributed by atoms with van der Waals surface area (Å²) in [5.74, 6) is 1.34. The van der Waals surface area contributed by atoms with Crippen molar-refractivity contribution in [2.75, 3.05) is 5.75 Å². The highest BCUT2D eigenvalue weighted by Crippen LogP contribution is 2.21. The number of rotatable bonds is 8. The van der Waals surface area contributed by atoms with Crippen molar-refractivity contribution in [3.8, 4) is 11.5 Å². The summed E-state index contributed by atoms with van der Waals surface area (Å²) in [6.07, 6.45) is 7.09. The Labute approximate surface area is 170 Å². The maximum Gasteiger partial charge on any atom is 0.233 e. The Morgan fingerprint density at radius 1 is 1.07 bits per heavy atom. The molecule has 4 aromatic rings. The molecular formula is C21H20N4O3S. The molecule has 0 unspecified atom stereocenters. The van der Waals surface area contributed by atoms with Gasteiger partial charge in [0.1, 0.15) is 17.3 Å². The standard InChI is InChI=1S/C21H20N4O3S/c26-20(22-14-19-9-6-12-28-19)16-29(27)15-17-13-23-25(18-7-2-1-3-8-18)21(17)24-10-4-5-11-24/h1-13H,14-16H2,(H,22,26)/t29-/m1/s1. The van der Waals surface area contributed by atoms with E-state index in [0.29, 0.717) is 5.76 Å². The zero-order chi connectivity index (χ0) is 20.1. The SMILES string of the molecule is O=C(C[S@](=O)Cc1cnn(-c2ccccc2)c1-n1cccc1)NCc1ccco1. The number of benzene rings is 1. The van der Waals surface area contributed by atoms with E-state index >= 15 is 0 Å². The number of furan rings is 1. The number of para-hydroxylation sites is 1. The molecule has 0 aliphatic rings. The van der Waals surface area contributed by atoms with Crippen molar-refractivity contribution in [3.05, 3.63) is 90.8 Å². The maximum absolute atomic E-state index is 12.6. The second-order valence-corrected chi connectivity index (χ2v) is 7.87. The number of carbonyl (C=O) groups is 1. The first-order chi connectivity index (χ1) is 14.2. The molecule has 0 fully saturated rings. The Morgan fingerprint density at radius 2 is 1.86 bits per heavy atom. The van der Waals surface area contributed by atoms with Gasteiger partial charge >= 0.3 is 0 Å². The summed E-state index contributed by atoms with van der Waals surface area (Å²) >= 11 is 0. The van der Waals surface area contributed by atoms with Crippen LogP contribution >= 0.6 is 0 Å². The van der Waals surface area contributed by atoms with Gasteiger partial charge in [-0.3, -0.25) is 9.00 Å². The topological polar surface area (TPSA) is 82.1 Å². The van der Waals surface area contributed by atoms with Crippen LogP contribution in [0.25, 0.3) is 11.5 Å². The van der Waals surface area contributed by atoms with Crippen LogP contribution in [0.2, 0.25) is 0 Å². The molecule has 0 spiro atoms. The van der Waals surface area contributed by atoms with Crippen LogP contribution in [0.3, 0.4) is 0 Å². The van der Waals surface area contributed by atoms with Gasteiger partial charge in [-0.25, -0.2) is 4.68 Å². The molecule has 3 heterocycles. The molecule has 0 radical (unpaired) electrons. The lowest BCUT2D eigenvalue weighted by molar-refractivity contribution is -0.118. The molecule has 0 aliphatic heterocycles. The van der Waals surface area contributed by atoms with Gasteiger partial charge in [0, 0.05) is 28.8 Å². The van der Waals surface area contributed by atoms with Gasteiger partial charge in [-0.15, -0.1) is 0 Å². The van der Waals surface area contributed by atoms with E-state index in [1.54, 1.807) is 24.6 Å². The second kappa shape index (κ2) is 8.74. The molecule has 1 amide bonds. The summed E-state index contributed by atoms with van der Waals surface area (Å²) in [5.41, 5.74) is 1.71. The first-order valence-electron chi connectivity index (χ1n) is 9.10. The highest BCUT2D eigenvalue weighted by Gasteiger charge is 2.17. The summed E-state index contributed by atoms with van der Waals surface area (Å²) in [6, 6.07) is 17.1. The van der Waals surface area contributed by atoms with E-state index in [4.69, 9.17) is 4.42 Å². The number of nitrogens with one attached hydrogen (secondary N) is 1. The van der Waals surface area contributed by atoms with Crippen LogP contribution in [0, 0.1) is 0 Å². The average molecular weight is 408 g/mol. The van der Waals surface area contributed by atoms with Crippen LogP contribution in [0.15, 0.2) is 83.9 Å². The second-order valence-electron chi connectivity index (χ2n) is 6.42. The van der Waals surface area contributed by atoms with E-state index in [0.717, 1.165) is 17.1 Å². The van der Waals surface area contributed by atoms with Crippen molar-refractivity contribution in [2.45, 2.75) is 12.3 Å². The van der Waals surface area contributed by atoms with Crippen molar-refractivity contribution in [3.63, 3.8) is 0 Å². The molecular weight excluding hydrogens is 388 g/mol. The van der Waals surface area contributed by atoms with Crippen LogP contribution in [-0.2, 0) is 27.9 Å². The first kappa shape index (κ1) is 18.9. The third kappa shape index (κ3) is 4.55. The minimum atomic E-state index is -1.37. The summed E-state index contributed by atoms with van der Waals surface area (Å²) in [4.78, 5) is 12.1. The molecule has 1 atom stereocenters. The van der Waals surface area contributed by atoms with E-state index < -0.39 is 10.8 Å². The Hall–Kier alpha value is -3.39. The van der Waals surface area contributed by atoms with Crippen molar-refractivity contribution in [1.29, 1.82) is 0 Å². The summed E-state index contributed by atoms with van der Waals surface area (Å²) in [6.45, 7) is 0.281. The predicted octanol–water partition coefficient (Wildman–Crippen LogP) is 2.82. The Morgan fingerprint density at radius 3 is 2.59 bits per heavy atom. The van der Waals surface area contributed by atoms with E-state index in [9.17, 15) is 9.00 Å². The van der Waals surface area contributed by atoms with Gasteiger partial charge in [0.2, 0.25) is 5.91 Å². The normalized spacial score (nSPS) is 12.0. The van der Waals surface area contributed by atoms with Gasteiger partial charge in [0.15, 0.2) is 0 Å². The van der Waals surface area contributed by atoms with Crippen molar-refractivity contribution >= 4 is 16.7 Å². The third-order valence-corrected chi connectivity index (χ3v) is 5.53. The largest absolute Gasteiger partial charge is 0.467 e. The monoisotopic (exact) mass is 408 g/mol. The molecule has 1 N–H and O–H groups in total. The van der Waals surface area contributed by atoms with Crippen LogP contribution in [0.4, 0.5) is 0 Å². The van der Waals surface area contributed by atoms with Crippen LogP contribution < -0.4 is 5.32 Å². The molecule has 3 aromatic heterocycles. The summed E-state index contributed by atoms with van der Waals surface area (Å²) < 4.78 is 21.6. The lowest BCUT2D eigenvalue weighted by atomic mass is 10.3. The smallest absolute Gasteiger partial charge is 0.233 e. The molecule has 7 nitrogen and oxygen atoms in total. The Balaban J connectivity index is 1.49. The number of hydrogen-bond acceptors (Lipinski definition) is 4. The average Bonchev–Trinajstić information content (AvgIpc) is 3.48. The highest BCUT2D eigenvalue weighted by atomic mass is 32.2. The summed E-state index contributed by atoms with van der Waals surface area (Å²) in [7, 11) is -1.37. The zero-order valence-electron chi connectivity index (χ0n) is 15.6. The van der Waals surface area contributed by atoms with Gasteiger partial charge in [0.25, 0.3) is 0 Å². The summed E-state index contributed by atoms with van der Waals surface area (Å²) in [5, 5.41) is 7.22. The minimum Gasteiger partial charge on any atom is -0.467 e. The maximum atomic E-state index is 12.6. The van der Waals surface area contributed by atoms with E-state index in [1.165, 1.54) is 0 Å².